The molecule has 0 bridgehead atoms. The summed E-state index contributed by atoms with van der Waals surface area (Å²) in [5.74, 6) is -1.40. The molecule has 1 aromatic carbocycles. The zero-order valence-corrected chi connectivity index (χ0v) is 21.0. The number of rotatable bonds is 7. The second-order valence-corrected chi connectivity index (χ2v) is 8.79. The van der Waals surface area contributed by atoms with Crippen LogP contribution in [0.3, 0.4) is 0 Å². The smallest absolute Gasteiger partial charge is 0.437 e. The highest BCUT2D eigenvalue weighted by Gasteiger charge is 2.44. The first-order valence-corrected chi connectivity index (χ1v) is 12.2. The lowest BCUT2D eigenvalue weighted by Crippen LogP contribution is -2.54. The van der Waals surface area contributed by atoms with Crippen molar-refractivity contribution in [3.05, 3.63) is 93.6 Å². The highest BCUT2D eigenvalue weighted by Crippen LogP contribution is 2.40. The first-order valence-electron chi connectivity index (χ1n) is 11.3. The third kappa shape index (κ3) is 5.14. The fourth-order valence-electron chi connectivity index (χ4n) is 4.06. The Morgan fingerprint density at radius 2 is 1.94 bits per heavy atom. The van der Waals surface area contributed by atoms with Crippen molar-refractivity contribution in [1.29, 1.82) is 0 Å². The quantitative estimate of drug-likeness (QED) is 0.371. The van der Waals surface area contributed by atoms with Gasteiger partial charge in [-0.15, -0.1) is 0 Å². The number of esters is 1. The van der Waals surface area contributed by atoms with Crippen LogP contribution in [0.5, 0.6) is 0 Å². The number of thiophene rings is 1. The maximum Gasteiger partial charge on any atom is 0.516 e. The number of anilines is 1. The summed E-state index contributed by atoms with van der Waals surface area (Å²) in [5, 5.41) is 10.3. The number of hydrazine groups is 1. The minimum Gasteiger partial charge on any atom is -0.437 e. The van der Waals surface area contributed by atoms with E-state index in [9.17, 15) is 14.4 Å². The van der Waals surface area contributed by atoms with Crippen molar-refractivity contribution in [3.8, 4) is 0 Å². The maximum absolute atomic E-state index is 13.9. The molecular weight excluding hydrogens is 480 g/mol. The van der Waals surface area contributed by atoms with Gasteiger partial charge in [-0.05, 0) is 53.4 Å². The summed E-state index contributed by atoms with van der Waals surface area (Å²) in [6.07, 6.45) is 2.05. The van der Waals surface area contributed by atoms with Gasteiger partial charge in [0.25, 0.3) is 5.91 Å². The number of nitrogens with one attached hydrogen (secondary N) is 1. The van der Waals surface area contributed by atoms with E-state index in [-0.39, 0.29) is 11.3 Å². The van der Waals surface area contributed by atoms with Gasteiger partial charge in [0.15, 0.2) is 0 Å². The van der Waals surface area contributed by atoms with Gasteiger partial charge in [-0.3, -0.25) is 14.8 Å². The molecule has 3 heterocycles. The predicted molar refractivity (Wildman–Crippen MR) is 135 cm³/mol. The lowest BCUT2D eigenvalue weighted by Gasteiger charge is -2.44. The highest BCUT2D eigenvalue weighted by atomic mass is 32.1. The summed E-state index contributed by atoms with van der Waals surface area (Å²) < 4.78 is 9.53. The van der Waals surface area contributed by atoms with Crippen LogP contribution in [0.1, 0.15) is 29.7 Å². The fraction of sp³-hybridized carbons (Fsp3) is 0.231. The van der Waals surface area contributed by atoms with E-state index in [0.717, 1.165) is 23.8 Å². The van der Waals surface area contributed by atoms with Crippen molar-refractivity contribution in [1.82, 2.24) is 15.0 Å². The molecule has 0 spiro atoms. The molecule has 36 heavy (non-hydrogen) atoms. The molecule has 0 radical (unpaired) electrons. The Bertz CT molecular complexity index is 1280. The van der Waals surface area contributed by atoms with Crippen LogP contribution >= 0.6 is 11.3 Å². The Hall–Kier alpha value is -4.02. The molecule has 1 aliphatic heterocycles. The van der Waals surface area contributed by atoms with Gasteiger partial charge in [-0.25, -0.2) is 14.6 Å². The number of amides is 1. The number of nitrogens with zero attached hydrogens (tertiary/aromatic N) is 3. The minimum atomic E-state index is -1.16. The van der Waals surface area contributed by atoms with Crippen molar-refractivity contribution in [3.63, 3.8) is 0 Å². The largest absolute Gasteiger partial charge is 0.516 e. The number of likely N-dealkylation sites (N-methyl/N-ethyl adjacent to an activating group) is 1. The standard InChI is InChI=1S/C26H26N4O5S/c1-4-29-24(31)22(28-20-14-27-12-10-17(20)2)21(25(32)35-26(33)34-3)23(19-11-13-36-16-19)30(29)15-18-8-6-5-7-9-18/h5-14,16,23,28H,4,15H2,1-3H3. The van der Waals surface area contributed by atoms with Crippen LogP contribution in [0.2, 0.25) is 0 Å². The van der Waals surface area contributed by atoms with E-state index in [0.29, 0.717) is 18.8 Å². The molecular formula is C26H26N4O5S. The number of hydrogen-bond acceptors (Lipinski definition) is 9. The van der Waals surface area contributed by atoms with E-state index in [1.807, 2.05) is 66.0 Å². The topological polar surface area (TPSA) is 101 Å². The van der Waals surface area contributed by atoms with E-state index < -0.39 is 24.1 Å². The Labute approximate surface area is 212 Å². The highest BCUT2D eigenvalue weighted by molar-refractivity contribution is 7.08. The molecule has 3 aromatic rings. The number of carbonyl (C=O) groups is 3. The lowest BCUT2D eigenvalue weighted by atomic mass is 9.94. The molecule has 2 aromatic heterocycles. The van der Waals surface area contributed by atoms with Gasteiger partial charge in [0.1, 0.15) is 5.70 Å². The number of methoxy groups -OCH3 is 1. The van der Waals surface area contributed by atoms with E-state index in [4.69, 9.17) is 4.74 Å². The Kier molecular flexibility index (Phi) is 7.77. The molecule has 1 unspecified atom stereocenters. The molecule has 0 fully saturated rings. The molecule has 0 saturated carbocycles. The Morgan fingerprint density at radius 1 is 1.17 bits per heavy atom. The van der Waals surface area contributed by atoms with E-state index in [1.54, 1.807) is 23.5 Å². The normalized spacial score (nSPS) is 16.1. The van der Waals surface area contributed by atoms with Crippen LogP contribution in [-0.2, 0) is 25.6 Å². The Morgan fingerprint density at radius 3 is 2.58 bits per heavy atom. The first kappa shape index (κ1) is 25.1. The van der Waals surface area contributed by atoms with Crippen molar-refractivity contribution >= 4 is 35.1 Å². The van der Waals surface area contributed by atoms with Crippen LogP contribution in [0, 0.1) is 6.92 Å². The second-order valence-electron chi connectivity index (χ2n) is 8.01. The molecule has 1 N–H and O–H groups in total. The second kappa shape index (κ2) is 11.1. The maximum atomic E-state index is 13.9. The third-order valence-corrected chi connectivity index (χ3v) is 6.51. The van der Waals surface area contributed by atoms with Gasteiger partial charge in [0, 0.05) is 19.3 Å². The molecule has 9 nitrogen and oxygen atoms in total. The van der Waals surface area contributed by atoms with Crippen LogP contribution in [0.4, 0.5) is 10.5 Å². The number of pyridine rings is 1. The average Bonchev–Trinajstić information content (AvgIpc) is 3.41. The van der Waals surface area contributed by atoms with Crippen LogP contribution in [0.15, 0.2) is 76.9 Å². The van der Waals surface area contributed by atoms with Gasteiger partial charge in [0.05, 0.1) is 30.6 Å². The predicted octanol–water partition coefficient (Wildman–Crippen LogP) is 4.45. The third-order valence-electron chi connectivity index (χ3n) is 5.81. The molecule has 1 aliphatic rings. The molecule has 1 amide bonds. The molecule has 186 valence electrons. The Balaban J connectivity index is 1.92. The van der Waals surface area contributed by atoms with Crippen LogP contribution < -0.4 is 5.32 Å². The van der Waals surface area contributed by atoms with Crippen molar-refractivity contribution in [2.24, 2.45) is 0 Å². The number of hydrogen-bond donors (Lipinski definition) is 1. The van der Waals surface area contributed by atoms with E-state index >= 15 is 0 Å². The summed E-state index contributed by atoms with van der Waals surface area (Å²) in [5.41, 5.74) is 3.13. The molecule has 0 saturated heterocycles. The van der Waals surface area contributed by atoms with E-state index in [2.05, 4.69) is 15.0 Å². The van der Waals surface area contributed by atoms with Crippen LogP contribution in [-0.4, -0.2) is 46.7 Å². The average molecular weight is 507 g/mol. The number of ether oxygens (including phenoxy) is 2. The van der Waals surface area contributed by atoms with Crippen molar-refractivity contribution in [2.45, 2.75) is 26.4 Å². The molecule has 1 atom stereocenters. The molecule has 4 rings (SSSR count). The van der Waals surface area contributed by atoms with Gasteiger partial charge in [-0.2, -0.15) is 11.3 Å². The number of carbonyl (C=O) groups excluding carboxylic acids is 3. The summed E-state index contributed by atoms with van der Waals surface area (Å²) in [4.78, 5) is 43.4. The zero-order valence-electron chi connectivity index (χ0n) is 20.1. The summed E-state index contributed by atoms with van der Waals surface area (Å²) in [6.45, 7) is 4.42. The monoisotopic (exact) mass is 506 g/mol. The zero-order chi connectivity index (χ0) is 25.7. The minimum absolute atomic E-state index is 0.00711. The fourth-order valence-corrected chi connectivity index (χ4v) is 4.74. The van der Waals surface area contributed by atoms with Gasteiger partial charge in [-0.1, -0.05) is 30.3 Å². The van der Waals surface area contributed by atoms with Crippen molar-refractivity contribution in [2.75, 3.05) is 19.0 Å². The molecule has 0 aliphatic carbocycles. The SMILES string of the molecule is CCN1C(=O)C(Nc2cnccc2C)=C(C(=O)OC(=O)OC)C(c2ccsc2)N1Cc1ccccc1. The van der Waals surface area contributed by atoms with Gasteiger partial charge in [0.2, 0.25) is 0 Å². The summed E-state index contributed by atoms with van der Waals surface area (Å²) in [6, 6.07) is 12.6. The summed E-state index contributed by atoms with van der Waals surface area (Å²) >= 11 is 1.46. The molecule has 10 heteroatoms. The summed E-state index contributed by atoms with van der Waals surface area (Å²) in [7, 11) is 1.12. The number of aryl methyl sites for hydroxylation is 1. The van der Waals surface area contributed by atoms with Gasteiger partial charge < -0.3 is 14.8 Å². The number of aromatic nitrogens is 1. The van der Waals surface area contributed by atoms with Gasteiger partial charge >= 0.3 is 12.1 Å². The number of benzene rings is 1. The lowest BCUT2D eigenvalue weighted by molar-refractivity contribution is -0.156. The van der Waals surface area contributed by atoms with Crippen LogP contribution in [0.25, 0.3) is 0 Å². The van der Waals surface area contributed by atoms with Crippen molar-refractivity contribution < 1.29 is 23.9 Å². The first-order chi connectivity index (χ1) is 17.4. The van der Waals surface area contributed by atoms with E-state index in [1.165, 1.54) is 11.3 Å².